The van der Waals surface area contributed by atoms with Gasteiger partial charge in [-0.15, -0.1) is 0 Å². The lowest BCUT2D eigenvalue weighted by Crippen LogP contribution is -2.53. The number of nitrogens with one attached hydrogen (secondary N) is 1. The van der Waals surface area contributed by atoms with Crippen LogP contribution in [0.2, 0.25) is 5.02 Å². The van der Waals surface area contributed by atoms with Crippen LogP contribution in [-0.2, 0) is 4.79 Å². The molecule has 2 aromatic carbocycles. The van der Waals surface area contributed by atoms with Crippen LogP contribution in [0.1, 0.15) is 33.4 Å². The monoisotopic (exact) mass is 492 g/mol. The number of aromatic nitrogens is 1. The summed E-state index contributed by atoms with van der Waals surface area (Å²) in [6.07, 6.45) is 0. The summed E-state index contributed by atoms with van der Waals surface area (Å²) in [5, 5.41) is 14.4. The third-order valence-electron chi connectivity index (χ3n) is 6.42. The highest BCUT2D eigenvalue weighted by Gasteiger charge is 2.26. The molecular weight excluding hydrogens is 460 g/mol. The summed E-state index contributed by atoms with van der Waals surface area (Å²) in [6.45, 7) is 14.1. The smallest absolute Gasteiger partial charge is 0.221 e. The lowest BCUT2D eigenvalue weighted by atomic mass is 9.99. The molecular formula is C28H33ClN4O2. The van der Waals surface area contributed by atoms with Crippen LogP contribution < -0.4 is 10.2 Å². The van der Waals surface area contributed by atoms with Crippen LogP contribution in [0.5, 0.6) is 5.75 Å². The molecule has 1 amide bonds. The first-order valence-corrected chi connectivity index (χ1v) is 12.3. The molecule has 1 saturated heterocycles. The summed E-state index contributed by atoms with van der Waals surface area (Å²) < 4.78 is 0. The molecule has 0 aliphatic carbocycles. The van der Waals surface area contributed by atoms with Crippen molar-refractivity contribution in [3.63, 3.8) is 0 Å². The number of benzene rings is 2. The summed E-state index contributed by atoms with van der Waals surface area (Å²) in [5.41, 5.74) is 5.43. The molecule has 4 rings (SSSR count). The summed E-state index contributed by atoms with van der Waals surface area (Å²) in [5.74, 6) is -0.0853. The van der Waals surface area contributed by atoms with Gasteiger partial charge in [0, 0.05) is 61.1 Å². The van der Waals surface area contributed by atoms with Gasteiger partial charge in [-0.3, -0.25) is 9.69 Å². The Balaban J connectivity index is 1.65. The second-order valence-electron chi connectivity index (χ2n) is 10.1. The molecule has 184 valence electrons. The number of hydrogen-bond donors (Lipinski definition) is 2. The number of hydrogen-bond acceptors (Lipinski definition) is 5. The molecule has 1 aliphatic heterocycles. The first-order chi connectivity index (χ1) is 16.5. The van der Waals surface area contributed by atoms with Gasteiger partial charge >= 0.3 is 0 Å². The minimum absolute atomic E-state index is 0.105. The molecule has 3 aromatic rings. The van der Waals surface area contributed by atoms with Crippen LogP contribution in [0.25, 0.3) is 22.4 Å². The molecule has 0 spiro atoms. The third kappa shape index (κ3) is 5.60. The Morgan fingerprint density at radius 1 is 1.03 bits per heavy atom. The van der Waals surface area contributed by atoms with Crippen LogP contribution in [0.4, 0.5) is 11.4 Å². The molecule has 6 nitrogen and oxygen atoms in total. The van der Waals surface area contributed by atoms with Crippen molar-refractivity contribution in [3.05, 3.63) is 59.2 Å². The number of rotatable bonds is 4. The van der Waals surface area contributed by atoms with Gasteiger partial charge in [-0.1, -0.05) is 29.8 Å². The van der Waals surface area contributed by atoms with E-state index in [0.717, 1.165) is 48.7 Å². The highest BCUT2D eigenvalue weighted by Crippen LogP contribution is 2.40. The van der Waals surface area contributed by atoms with E-state index >= 15 is 0 Å². The van der Waals surface area contributed by atoms with Gasteiger partial charge in [-0.25, -0.2) is 4.98 Å². The Labute approximate surface area is 212 Å². The average Bonchev–Trinajstić information content (AvgIpc) is 2.81. The number of pyridine rings is 1. The van der Waals surface area contributed by atoms with Crippen LogP contribution >= 0.6 is 11.6 Å². The van der Waals surface area contributed by atoms with Crippen LogP contribution in [0.15, 0.2) is 48.5 Å². The number of halogens is 1. The normalized spacial score (nSPS) is 14.7. The molecule has 1 aliphatic rings. The second-order valence-corrected chi connectivity index (χ2v) is 10.5. The molecule has 7 heteroatoms. The summed E-state index contributed by atoms with van der Waals surface area (Å²) >= 11 is 6.40. The zero-order chi connectivity index (χ0) is 25.3. The van der Waals surface area contributed by atoms with E-state index in [2.05, 4.69) is 53.0 Å². The maximum absolute atomic E-state index is 11.4. The Hall–Kier alpha value is -3.09. The van der Waals surface area contributed by atoms with Gasteiger partial charge in [0.2, 0.25) is 5.91 Å². The lowest BCUT2D eigenvalue weighted by Gasteiger charge is -2.43. The fourth-order valence-electron chi connectivity index (χ4n) is 4.55. The fraction of sp³-hybridized carbons (Fsp3) is 0.357. The molecule has 1 fully saturated rings. The summed E-state index contributed by atoms with van der Waals surface area (Å²) in [4.78, 5) is 21.0. The first-order valence-electron chi connectivity index (χ1n) is 11.9. The summed E-state index contributed by atoms with van der Waals surface area (Å²) in [6, 6.07) is 15.4. The van der Waals surface area contributed by atoms with E-state index in [1.165, 1.54) is 6.92 Å². The fourth-order valence-corrected chi connectivity index (χ4v) is 4.77. The quantitative estimate of drug-likeness (QED) is 0.470. The maximum atomic E-state index is 11.4. The van der Waals surface area contributed by atoms with Gasteiger partial charge in [-0.05, 0) is 63.6 Å². The lowest BCUT2D eigenvalue weighted by molar-refractivity contribution is -0.114. The number of aryl methyl sites for hydroxylation is 1. The Bertz CT molecular complexity index is 1240. The zero-order valence-electron chi connectivity index (χ0n) is 21.0. The van der Waals surface area contributed by atoms with E-state index in [1.807, 2.05) is 31.2 Å². The molecule has 2 N–H and O–H groups in total. The molecule has 0 saturated carbocycles. The van der Waals surface area contributed by atoms with Crippen molar-refractivity contribution in [1.82, 2.24) is 9.88 Å². The van der Waals surface area contributed by atoms with Crippen molar-refractivity contribution in [2.45, 2.75) is 40.2 Å². The molecule has 0 bridgehead atoms. The van der Waals surface area contributed by atoms with E-state index < -0.39 is 0 Å². The van der Waals surface area contributed by atoms with Gasteiger partial charge in [0.1, 0.15) is 11.4 Å². The van der Waals surface area contributed by atoms with Crippen molar-refractivity contribution >= 4 is 28.9 Å². The van der Waals surface area contributed by atoms with Crippen LogP contribution in [-0.4, -0.2) is 52.6 Å². The standard InChI is InChI=1S/C28H33ClN4O2/c1-18-15-23(20-9-10-25(24(29)17-20)31-19(2)34)27(35)26(30-18)21-7-6-8-22(16-21)32-11-13-33(14-12-32)28(3,4)5/h6-10,15-17,35H,11-14H2,1-5H3,(H,31,34). The van der Waals surface area contributed by atoms with Gasteiger partial charge in [0.15, 0.2) is 0 Å². The molecule has 0 unspecified atom stereocenters. The first kappa shape index (κ1) is 25.0. The van der Waals surface area contributed by atoms with E-state index in [0.29, 0.717) is 22.0 Å². The Kier molecular flexibility index (Phi) is 7.06. The SMILES string of the molecule is CC(=O)Nc1ccc(-c2cc(C)nc(-c3cccc(N4CCN(C(C)(C)C)CC4)c3)c2O)cc1Cl. The van der Waals surface area contributed by atoms with Crippen molar-refractivity contribution < 1.29 is 9.90 Å². The number of carbonyl (C=O) groups excluding carboxylic acids is 1. The summed E-state index contributed by atoms with van der Waals surface area (Å²) in [7, 11) is 0. The highest BCUT2D eigenvalue weighted by molar-refractivity contribution is 6.34. The molecule has 0 radical (unpaired) electrons. The van der Waals surface area contributed by atoms with Gasteiger partial charge in [0.05, 0.1) is 10.7 Å². The van der Waals surface area contributed by atoms with E-state index in [9.17, 15) is 9.90 Å². The Morgan fingerprint density at radius 2 is 1.74 bits per heavy atom. The number of amides is 1. The third-order valence-corrected chi connectivity index (χ3v) is 6.74. The second kappa shape index (κ2) is 9.88. The van der Waals surface area contributed by atoms with Gasteiger partial charge in [0.25, 0.3) is 0 Å². The van der Waals surface area contributed by atoms with E-state index in [4.69, 9.17) is 11.6 Å². The topological polar surface area (TPSA) is 68.7 Å². The highest BCUT2D eigenvalue weighted by atomic mass is 35.5. The average molecular weight is 493 g/mol. The predicted molar refractivity (Wildman–Crippen MR) is 144 cm³/mol. The van der Waals surface area contributed by atoms with E-state index in [-0.39, 0.29) is 17.2 Å². The number of piperazine rings is 1. The molecule has 0 atom stereocenters. The number of aromatic hydroxyl groups is 1. The van der Waals surface area contributed by atoms with Crippen molar-refractivity contribution in [2.75, 3.05) is 36.4 Å². The zero-order valence-corrected chi connectivity index (χ0v) is 21.8. The number of nitrogens with zero attached hydrogens (tertiary/aromatic N) is 3. The van der Waals surface area contributed by atoms with Crippen molar-refractivity contribution in [3.8, 4) is 28.1 Å². The maximum Gasteiger partial charge on any atom is 0.221 e. The van der Waals surface area contributed by atoms with Crippen LogP contribution in [0.3, 0.4) is 0 Å². The molecule has 35 heavy (non-hydrogen) atoms. The number of anilines is 2. The van der Waals surface area contributed by atoms with Crippen LogP contribution in [0, 0.1) is 6.92 Å². The number of carbonyl (C=O) groups is 1. The predicted octanol–water partition coefficient (Wildman–Crippen LogP) is 5.96. The molecule has 1 aromatic heterocycles. The van der Waals surface area contributed by atoms with Crippen molar-refractivity contribution in [1.29, 1.82) is 0 Å². The Morgan fingerprint density at radius 3 is 2.37 bits per heavy atom. The largest absolute Gasteiger partial charge is 0.505 e. The van der Waals surface area contributed by atoms with E-state index in [1.54, 1.807) is 12.1 Å². The minimum atomic E-state index is -0.191. The van der Waals surface area contributed by atoms with Gasteiger partial charge < -0.3 is 15.3 Å². The molecule has 2 heterocycles. The van der Waals surface area contributed by atoms with Gasteiger partial charge in [-0.2, -0.15) is 0 Å². The van der Waals surface area contributed by atoms with Crippen molar-refractivity contribution in [2.24, 2.45) is 0 Å². The minimum Gasteiger partial charge on any atom is -0.505 e.